The number of methoxy groups -OCH3 is 2. The molecule has 4 rings (SSSR count). The van der Waals surface area contributed by atoms with E-state index in [0.29, 0.717) is 22.5 Å². The average molecular weight is 546 g/mol. The molecule has 0 aliphatic carbocycles. The molecule has 206 valence electrons. The molecule has 7 nitrogen and oxygen atoms in total. The highest BCUT2D eigenvalue weighted by molar-refractivity contribution is 6.85. The Morgan fingerprint density at radius 1 is 0.615 bits per heavy atom. The van der Waals surface area contributed by atoms with E-state index in [-0.39, 0.29) is 28.4 Å². The lowest BCUT2D eigenvalue weighted by molar-refractivity contribution is 0.0742. The Hall–Kier alpha value is -3.78. The fraction of sp³-hybridized carbons (Fsp3) is 0.355. The van der Waals surface area contributed by atoms with E-state index in [0.717, 1.165) is 22.9 Å². The highest BCUT2D eigenvalue weighted by Crippen LogP contribution is 2.48. The molecule has 3 aromatic rings. The molecule has 0 fully saturated rings. The van der Waals surface area contributed by atoms with Crippen molar-refractivity contribution in [2.75, 3.05) is 24.9 Å². The third-order valence-corrected chi connectivity index (χ3v) is 14.7. The monoisotopic (exact) mass is 545 g/mol. The zero-order chi connectivity index (χ0) is 28.5. The van der Waals surface area contributed by atoms with Gasteiger partial charge in [0.25, 0.3) is 11.8 Å². The summed E-state index contributed by atoms with van der Waals surface area (Å²) >= 11 is 0. The lowest BCUT2D eigenvalue weighted by Crippen LogP contribution is -2.62. The molecule has 3 aromatic carbocycles. The Morgan fingerprint density at radius 3 is 1.23 bits per heavy atom. The number of carbonyl (C=O) groups is 2. The first-order chi connectivity index (χ1) is 18.5. The average Bonchev–Trinajstić information content (AvgIpc) is 3.14. The summed E-state index contributed by atoms with van der Waals surface area (Å²) in [4.78, 5) is 28.1. The Kier molecular flexibility index (Phi) is 8.06. The zero-order valence-electron chi connectivity index (χ0n) is 24.1. The van der Waals surface area contributed by atoms with Gasteiger partial charge in [0, 0.05) is 11.4 Å². The summed E-state index contributed by atoms with van der Waals surface area (Å²) in [5.41, 5.74) is 4.59. The minimum atomic E-state index is -2.56. The molecule has 0 bridgehead atoms. The van der Waals surface area contributed by atoms with Crippen LogP contribution in [0.25, 0.3) is 0 Å². The Morgan fingerprint density at radius 2 is 0.949 bits per heavy atom. The van der Waals surface area contributed by atoms with Crippen molar-refractivity contribution < 1.29 is 19.1 Å². The van der Waals surface area contributed by atoms with Crippen molar-refractivity contribution >= 4 is 42.8 Å². The maximum Gasteiger partial charge on any atom is 0.253 e. The van der Waals surface area contributed by atoms with Gasteiger partial charge in [0.05, 0.1) is 36.7 Å². The van der Waals surface area contributed by atoms with Gasteiger partial charge < -0.3 is 24.7 Å². The van der Waals surface area contributed by atoms with Crippen LogP contribution in [0.1, 0.15) is 62.3 Å². The van der Waals surface area contributed by atoms with Crippen molar-refractivity contribution in [1.29, 1.82) is 0 Å². The molecule has 0 atom stereocenters. The summed E-state index contributed by atoms with van der Waals surface area (Å²) in [7, 11) is 0.699. The topological polar surface area (TPSA) is 79.9 Å². The number of imide groups is 1. The third-order valence-electron chi connectivity index (χ3n) is 7.92. The number of hydrogen-bond acceptors (Lipinski definition) is 6. The quantitative estimate of drug-likeness (QED) is 0.199. The molecule has 0 saturated carbocycles. The predicted molar refractivity (Wildman–Crippen MR) is 161 cm³/mol. The van der Waals surface area contributed by atoms with E-state index in [4.69, 9.17) is 9.47 Å². The van der Waals surface area contributed by atoms with Gasteiger partial charge in [-0.05, 0) is 77.3 Å². The molecule has 8 heteroatoms. The first-order valence-electron chi connectivity index (χ1n) is 13.4. The molecule has 0 saturated heterocycles. The van der Waals surface area contributed by atoms with Crippen LogP contribution in [0.3, 0.4) is 0 Å². The van der Waals surface area contributed by atoms with Gasteiger partial charge in [0.1, 0.15) is 11.5 Å². The van der Waals surface area contributed by atoms with Gasteiger partial charge in [0.15, 0.2) is 8.24 Å². The summed E-state index contributed by atoms with van der Waals surface area (Å²) in [6, 6.07) is 18.8. The van der Waals surface area contributed by atoms with Crippen LogP contribution in [0.4, 0.5) is 22.7 Å². The van der Waals surface area contributed by atoms with Gasteiger partial charge >= 0.3 is 0 Å². The van der Waals surface area contributed by atoms with E-state index < -0.39 is 8.24 Å². The van der Waals surface area contributed by atoms with Crippen molar-refractivity contribution in [3.63, 3.8) is 0 Å². The molecule has 39 heavy (non-hydrogen) atoms. The number of nitrogens with one attached hydrogen (secondary N) is 2. The van der Waals surface area contributed by atoms with Crippen LogP contribution in [-0.2, 0) is 0 Å². The molecule has 0 radical (unpaired) electrons. The minimum Gasteiger partial charge on any atom is -0.497 e. The second-order valence-corrected chi connectivity index (χ2v) is 16.6. The molecule has 2 N–H and O–H groups in total. The largest absolute Gasteiger partial charge is 0.497 e. The van der Waals surface area contributed by atoms with Crippen LogP contribution >= 0.6 is 0 Å². The number of nitrogens with zero attached hydrogens (tertiary/aromatic N) is 1. The van der Waals surface area contributed by atoms with Crippen molar-refractivity contribution in [3.05, 3.63) is 71.8 Å². The molecule has 2 amide bonds. The van der Waals surface area contributed by atoms with Crippen molar-refractivity contribution in [2.24, 2.45) is 0 Å². The first-order valence-corrected chi connectivity index (χ1v) is 15.6. The standard InChI is InChI=1S/C31H39N3O4Si/c1-19(2)39(20(3)4,21(5)6)34-30(35)26-17-28(32-22-9-13-24(37-7)14-10-22)29(18-27(26)31(34)36)33-23-11-15-25(38-8)16-12-23/h9-21,32-33H,1-8H3. The summed E-state index contributed by atoms with van der Waals surface area (Å²) in [5.74, 6) is 1.12. The van der Waals surface area contributed by atoms with Gasteiger partial charge in [-0.1, -0.05) is 41.5 Å². The van der Waals surface area contributed by atoms with E-state index in [1.54, 1.807) is 18.8 Å². The van der Waals surface area contributed by atoms with E-state index in [1.807, 2.05) is 60.7 Å². The van der Waals surface area contributed by atoms with Gasteiger partial charge in [-0.25, -0.2) is 0 Å². The minimum absolute atomic E-state index is 0.188. The van der Waals surface area contributed by atoms with Crippen LogP contribution in [-0.4, -0.2) is 38.8 Å². The van der Waals surface area contributed by atoms with Crippen molar-refractivity contribution in [1.82, 2.24) is 4.57 Å². The number of amides is 2. The highest BCUT2D eigenvalue weighted by atomic mass is 28.3. The summed E-state index contributed by atoms with van der Waals surface area (Å²) in [6.45, 7) is 12.9. The zero-order valence-corrected chi connectivity index (χ0v) is 25.1. The third kappa shape index (κ3) is 5.01. The number of carbonyl (C=O) groups excluding carboxylic acids is 2. The maximum absolute atomic E-state index is 14.1. The maximum atomic E-state index is 14.1. The molecule has 1 aliphatic rings. The molecule has 1 aliphatic heterocycles. The highest BCUT2D eigenvalue weighted by Gasteiger charge is 2.56. The Bertz CT molecular complexity index is 1240. The Balaban J connectivity index is 1.83. The number of benzene rings is 3. The second-order valence-electron chi connectivity index (χ2n) is 10.9. The van der Waals surface area contributed by atoms with Crippen LogP contribution in [0.5, 0.6) is 11.5 Å². The summed E-state index contributed by atoms with van der Waals surface area (Å²) < 4.78 is 12.3. The van der Waals surface area contributed by atoms with Crippen LogP contribution in [0, 0.1) is 0 Å². The van der Waals surface area contributed by atoms with E-state index in [2.05, 4.69) is 52.2 Å². The van der Waals surface area contributed by atoms with Gasteiger partial charge in [-0.2, -0.15) is 0 Å². The smallest absolute Gasteiger partial charge is 0.253 e. The SMILES string of the molecule is COc1ccc(Nc2cc3c(cc2Nc2ccc(OC)cc2)C(=O)N([Si](C(C)C)(C(C)C)C(C)C)C3=O)cc1. The number of fused-ring (bicyclic) bond motifs is 1. The fourth-order valence-corrected chi connectivity index (χ4v) is 12.8. The van der Waals surface area contributed by atoms with Crippen LogP contribution in [0.2, 0.25) is 16.6 Å². The van der Waals surface area contributed by atoms with Crippen molar-refractivity contribution in [2.45, 2.75) is 58.2 Å². The molecular weight excluding hydrogens is 506 g/mol. The normalized spacial score (nSPS) is 13.4. The van der Waals surface area contributed by atoms with Crippen LogP contribution < -0.4 is 20.1 Å². The van der Waals surface area contributed by atoms with E-state index >= 15 is 0 Å². The molecule has 0 spiro atoms. The molecule has 0 unspecified atom stereocenters. The van der Waals surface area contributed by atoms with E-state index in [9.17, 15) is 9.59 Å². The van der Waals surface area contributed by atoms with Crippen molar-refractivity contribution in [3.8, 4) is 11.5 Å². The predicted octanol–water partition coefficient (Wildman–Crippen LogP) is 7.96. The number of ether oxygens (including phenoxy) is 2. The number of hydrogen-bond donors (Lipinski definition) is 2. The van der Waals surface area contributed by atoms with Gasteiger partial charge in [-0.3, -0.25) is 9.59 Å². The molecule has 1 heterocycles. The fourth-order valence-electron chi connectivity index (χ4n) is 6.28. The second kappa shape index (κ2) is 11.1. The van der Waals surface area contributed by atoms with Crippen LogP contribution in [0.15, 0.2) is 60.7 Å². The summed E-state index contributed by atoms with van der Waals surface area (Å²) in [5, 5.41) is 6.88. The lowest BCUT2D eigenvalue weighted by Gasteiger charge is -2.48. The van der Waals surface area contributed by atoms with Gasteiger partial charge in [0.2, 0.25) is 0 Å². The molecule has 0 aromatic heterocycles. The number of rotatable bonds is 10. The Labute approximate surface area is 232 Å². The van der Waals surface area contributed by atoms with E-state index in [1.165, 1.54) is 0 Å². The number of anilines is 4. The first kappa shape index (κ1) is 28.2. The lowest BCUT2D eigenvalue weighted by atomic mass is 10.1. The molecular formula is C31H39N3O4Si. The van der Waals surface area contributed by atoms with Gasteiger partial charge in [-0.15, -0.1) is 0 Å². The summed E-state index contributed by atoms with van der Waals surface area (Å²) in [6.07, 6.45) is 0.